The summed E-state index contributed by atoms with van der Waals surface area (Å²) in [6, 6.07) is 7.71. The third-order valence-electron chi connectivity index (χ3n) is 2.83. The topological polar surface area (TPSA) is 68.3 Å². The Morgan fingerprint density at radius 1 is 1.10 bits per heavy atom. The summed E-state index contributed by atoms with van der Waals surface area (Å²) in [4.78, 5) is 8.32. The van der Waals surface area contributed by atoms with Gasteiger partial charge in [-0.2, -0.15) is 0 Å². The summed E-state index contributed by atoms with van der Waals surface area (Å²) < 4.78 is 10.9. The van der Waals surface area contributed by atoms with Crippen molar-refractivity contribution in [2.24, 2.45) is 0 Å². The van der Waals surface area contributed by atoms with Gasteiger partial charge in [0.1, 0.15) is 12.1 Å². The van der Waals surface area contributed by atoms with E-state index in [1.165, 1.54) is 6.33 Å². The molecule has 0 unspecified atom stereocenters. The first-order valence-electron chi connectivity index (χ1n) is 6.85. The molecule has 2 N–H and O–H groups in total. The van der Waals surface area contributed by atoms with Crippen molar-refractivity contribution in [2.45, 2.75) is 13.3 Å². The molecule has 1 heterocycles. The Morgan fingerprint density at radius 3 is 2.43 bits per heavy atom. The standard InChI is InChI=1S/C15H20N4O2/c1-4-9-21-12-7-5-11(6-8-12)19-15-13(20-3)14(16-2)17-10-18-15/h5-8,10H,4,9H2,1-3H3,(H2,16,17,18,19). The molecule has 0 saturated carbocycles. The van der Waals surface area contributed by atoms with E-state index in [1.54, 1.807) is 14.2 Å². The maximum absolute atomic E-state index is 5.55. The predicted molar refractivity (Wildman–Crippen MR) is 83.6 cm³/mol. The van der Waals surface area contributed by atoms with Crippen LogP contribution in [0.3, 0.4) is 0 Å². The van der Waals surface area contributed by atoms with Gasteiger partial charge in [0.25, 0.3) is 0 Å². The molecule has 0 fully saturated rings. The SMILES string of the molecule is CCCOc1ccc(Nc2ncnc(NC)c2OC)cc1. The summed E-state index contributed by atoms with van der Waals surface area (Å²) in [5.41, 5.74) is 0.901. The molecule has 2 rings (SSSR count). The Morgan fingerprint density at radius 2 is 1.81 bits per heavy atom. The van der Waals surface area contributed by atoms with Crippen molar-refractivity contribution < 1.29 is 9.47 Å². The van der Waals surface area contributed by atoms with Crippen LogP contribution in [0.25, 0.3) is 0 Å². The Hall–Kier alpha value is -2.50. The van der Waals surface area contributed by atoms with Gasteiger partial charge in [-0.25, -0.2) is 9.97 Å². The Balaban J connectivity index is 2.14. The van der Waals surface area contributed by atoms with E-state index in [1.807, 2.05) is 24.3 Å². The first-order chi connectivity index (χ1) is 10.3. The zero-order chi connectivity index (χ0) is 15.1. The fraction of sp³-hybridized carbons (Fsp3) is 0.333. The van der Waals surface area contributed by atoms with Gasteiger partial charge in [-0.1, -0.05) is 6.92 Å². The molecule has 0 aliphatic rings. The zero-order valence-corrected chi connectivity index (χ0v) is 12.5. The summed E-state index contributed by atoms with van der Waals surface area (Å²) >= 11 is 0. The number of nitrogens with zero attached hydrogens (tertiary/aromatic N) is 2. The quantitative estimate of drug-likeness (QED) is 0.816. The molecule has 112 valence electrons. The first-order valence-corrected chi connectivity index (χ1v) is 6.85. The van der Waals surface area contributed by atoms with Crippen LogP contribution in [-0.2, 0) is 0 Å². The van der Waals surface area contributed by atoms with E-state index in [2.05, 4.69) is 27.5 Å². The fourth-order valence-corrected chi connectivity index (χ4v) is 1.83. The summed E-state index contributed by atoms with van der Waals surface area (Å²) in [6.45, 7) is 2.80. The molecule has 0 radical (unpaired) electrons. The Kier molecular flexibility index (Phi) is 5.20. The van der Waals surface area contributed by atoms with Crippen LogP contribution in [0.4, 0.5) is 17.3 Å². The lowest BCUT2D eigenvalue weighted by molar-refractivity contribution is 0.317. The molecule has 1 aromatic carbocycles. The van der Waals surface area contributed by atoms with Gasteiger partial charge >= 0.3 is 0 Å². The van der Waals surface area contributed by atoms with E-state index in [-0.39, 0.29) is 0 Å². The molecule has 0 spiro atoms. The van der Waals surface area contributed by atoms with Crippen molar-refractivity contribution in [3.05, 3.63) is 30.6 Å². The lowest BCUT2D eigenvalue weighted by atomic mass is 10.3. The minimum Gasteiger partial charge on any atom is -0.494 e. The molecular formula is C15H20N4O2. The summed E-state index contributed by atoms with van der Waals surface area (Å²) in [5, 5.41) is 6.18. The highest BCUT2D eigenvalue weighted by atomic mass is 16.5. The molecule has 0 aliphatic heterocycles. The maximum Gasteiger partial charge on any atom is 0.204 e. The number of methoxy groups -OCH3 is 1. The lowest BCUT2D eigenvalue weighted by Gasteiger charge is -2.13. The Labute approximate surface area is 124 Å². The number of ether oxygens (including phenoxy) is 2. The second-order valence-corrected chi connectivity index (χ2v) is 4.35. The second kappa shape index (κ2) is 7.33. The number of benzene rings is 1. The normalized spacial score (nSPS) is 10.0. The van der Waals surface area contributed by atoms with E-state index in [9.17, 15) is 0 Å². The van der Waals surface area contributed by atoms with Gasteiger partial charge < -0.3 is 20.1 Å². The highest BCUT2D eigenvalue weighted by molar-refractivity contribution is 5.69. The van der Waals surface area contributed by atoms with Gasteiger partial charge in [-0.05, 0) is 30.7 Å². The highest BCUT2D eigenvalue weighted by Crippen LogP contribution is 2.31. The molecule has 6 heteroatoms. The third-order valence-corrected chi connectivity index (χ3v) is 2.83. The molecule has 1 aromatic heterocycles. The summed E-state index contributed by atoms with van der Waals surface area (Å²) in [5.74, 6) is 2.68. The smallest absolute Gasteiger partial charge is 0.204 e. The van der Waals surface area contributed by atoms with Gasteiger partial charge in [0.05, 0.1) is 13.7 Å². The molecule has 2 aromatic rings. The number of hydrogen-bond acceptors (Lipinski definition) is 6. The van der Waals surface area contributed by atoms with Crippen LogP contribution < -0.4 is 20.1 Å². The van der Waals surface area contributed by atoms with Crippen LogP contribution in [0.5, 0.6) is 11.5 Å². The minimum atomic E-state index is 0.575. The number of rotatable bonds is 7. The molecule has 6 nitrogen and oxygen atoms in total. The molecule has 21 heavy (non-hydrogen) atoms. The zero-order valence-electron chi connectivity index (χ0n) is 12.5. The summed E-state index contributed by atoms with van der Waals surface area (Å²) in [7, 11) is 3.38. The van der Waals surface area contributed by atoms with E-state index >= 15 is 0 Å². The van der Waals surface area contributed by atoms with E-state index in [0.717, 1.165) is 24.5 Å². The fourth-order valence-electron chi connectivity index (χ4n) is 1.83. The van der Waals surface area contributed by atoms with Gasteiger partial charge in [-0.3, -0.25) is 0 Å². The highest BCUT2D eigenvalue weighted by Gasteiger charge is 2.11. The molecule has 0 saturated heterocycles. The maximum atomic E-state index is 5.55. The largest absolute Gasteiger partial charge is 0.494 e. The van der Waals surface area contributed by atoms with Crippen molar-refractivity contribution in [3.63, 3.8) is 0 Å². The van der Waals surface area contributed by atoms with Crippen molar-refractivity contribution >= 4 is 17.3 Å². The van der Waals surface area contributed by atoms with E-state index in [4.69, 9.17) is 9.47 Å². The van der Waals surface area contributed by atoms with Crippen molar-refractivity contribution in [2.75, 3.05) is 31.4 Å². The average Bonchev–Trinajstić information content (AvgIpc) is 2.54. The predicted octanol–water partition coefficient (Wildman–Crippen LogP) is 3.06. The third kappa shape index (κ3) is 3.75. The number of nitrogens with one attached hydrogen (secondary N) is 2. The Bertz CT molecular complexity index is 572. The van der Waals surface area contributed by atoms with Gasteiger partial charge in [0, 0.05) is 12.7 Å². The van der Waals surface area contributed by atoms with E-state index < -0.39 is 0 Å². The lowest BCUT2D eigenvalue weighted by Crippen LogP contribution is -2.03. The second-order valence-electron chi connectivity index (χ2n) is 4.35. The van der Waals surface area contributed by atoms with Gasteiger partial charge in [-0.15, -0.1) is 0 Å². The van der Waals surface area contributed by atoms with Gasteiger partial charge in [0.2, 0.25) is 5.75 Å². The molecule has 0 aliphatic carbocycles. The first kappa shape index (κ1) is 14.9. The molecule has 0 amide bonds. The van der Waals surface area contributed by atoms with Crippen LogP contribution in [0.1, 0.15) is 13.3 Å². The number of hydrogen-bond donors (Lipinski definition) is 2. The van der Waals surface area contributed by atoms with Crippen LogP contribution in [0, 0.1) is 0 Å². The molecule has 0 bridgehead atoms. The van der Waals surface area contributed by atoms with Crippen molar-refractivity contribution in [1.29, 1.82) is 0 Å². The minimum absolute atomic E-state index is 0.575. The van der Waals surface area contributed by atoms with Crippen molar-refractivity contribution in [1.82, 2.24) is 9.97 Å². The summed E-state index contributed by atoms with van der Waals surface area (Å²) in [6.07, 6.45) is 2.47. The van der Waals surface area contributed by atoms with Crippen LogP contribution >= 0.6 is 0 Å². The van der Waals surface area contributed by atoms with Crippen LogP contribution in [0.2, 0.25) is 0 Å². The molecule has 0 atom stereocenters. The van der Waals surface area contributed by atoms with Crippen LogP contribution in [0.15, 0.2) is 30.6 Å². The van der Waals surface area contributed by atoms with Crippen LogP contribution in [-0.4, -0.2) is 30.7 Å². The van der Waals surface area contributed by atoms with Crippen molar-refractivity contribution in [3.8, 4) is 11.5 Å². The molecular weight excluding hydrogens is 268 g/mol. The average molecular weight is 288 g/mol. The monoisotopic (exact) mass is 288 g/mol. The number of anilines is 3. The van der Waals surface area contributed by atoms with Gasteiger partial charge in [0.15, 0.2) is 11.6 Å². The van der Waals surface area contributed by atoms with E-state index in [0.29, 0.717) is 17.4 Å². The number of aromatic nitrogens is 2.